The maximum absolute atomic E-state index is 14.4. The van der Waals surface area contributed by atoms with Crippen LogP contribution in [-0.2, 0) is 28.7 Å². The number of ketones is 1. The molecule has 1 saturated heterocycles. The summed E-state index contributed by atoms with van der Waals surface area (Å²) < 4.78 is 52.1. The van der Waals surface area contributed by atoms with Gasteiger partial charge in [0, 0.05) is 17.8 Å². The molecule has 1 heterocycles. The summed E-state index contributed by atoms with van der Waals surface area (Å²) >= 11 is 0. The molecular formula is C46H76F3NO6. The minimum absolute atomic E-state index is 0.0374. The van der Waals surface area contributed by atoms with Gasteiger partial charge in [-0.25, -0.2) is 0 Å². The van der Waals surface area contributed by atoms with Crippen LogP contribution < -0.4 is 0 Å². The van der Waals surface area contributed by atoms with Crippen molar-refractivity contribution in [3.63, 3.8) is 0 Å². The van der Waals surface area contributed by atoms with Crippen LogP contribution >= 0.6 is 0 Å². The Hall–Kier alpha value is -2.46. The molecule has 1 fully saturated rings. The molecular weight excluding hydrogens is 720 g/mol. The highest BCUT2D eigenvalue weighted by molar-refractivity contribution is 5.84. The Morgan fingerprint density at radius 3 is 1.86 bits per heavy atom. The molecule has 0 aromatic heterocycles. The minimum Gasteiger partial charge on any atom is -0.460 e. The van der Waals surface area contributed by atoms with E-state index >= 15 is 0 Å². The molecule has 1 aliphatic heterocycles. The van der Waals surface area contributed by atoms with Crippen molar-refractivity contribution in [1.82, 2.24) is 5.06 Å². The molecule has 0 amide bonds. The lowest BCUT2D eigenvalue weighted by Crippen LogP contribution is -2.67. The average Bonchev–Trinajstić information content (AvgIpc) is 3.06. The van der Waals surface area contributed by atoms with Crippen LogP contribution in [0.5, 0.6) is 0 Å². The number of carbonyl (C=O) groups excluding carboxylic acids is 3. The largest absolute Gasteiger partial charge is 0.460 e. The number of rotatable bonds is 17. The normalized spacial score (nSPS) is 24.3. The van der Waals surface area contributed by atoms with Crippen LogP contribution in [-0.4, -0.2) is 58.9 Å². The zero-order valence-electron chi connectivity index (χ0n) is 38.1. The maximum Gasteiger partial charge on any atom is 0.422 e. The summed E-state index contributed by atoms with van der Waals surface area (Å²) in [7, 11) is 0. The zero-order valence-corrected chi connectivity index (χ0v) is 38.1. The molecule has 7 nitrogen and oxygen atoms in total. The smallest absolute Gasteiger partial charge is 0.422 e. The first kappa shape index (κ1) is 49.7. The maximum atomic E-state index is 14.4. The van der Waals surface area contributed by atoms with Gasteiger partial charge in [0.05, 0.1) is 29.0 Å². The summed E-state index contributed by atoms with van der Waals surface area (Å²) in [6, 6.07) is 10.1. The topological polar surface area (TPSA) is 82.1 Å². The molecule has 10 heteroatoms. The number of piperidine rings is 1. The van der Waals surface area contributed by atoms with Crippen LogP contribution in [0.2, 0.25) is 0 Å². The Morgan fingerprint density at radius 1 is 0.857 bits per heavy atom. The van der Waals surface area contributed by atoms with Gasteiger partial charge in [-0.15, -0.1) is 0 Å². The molecule has 2 rings (SSSR count). The van der Waals surface area contributed by atoms with Crippen molar-refractivity contribution in [2.45, 2.75) is 186 Å². The first-order valence-corrected chi connectivity index (χ1v) is 20.6. The van der Waals surface area contributed by atoms with E-state index in [4.69, 9.17) is 14.3 Å². The molecule has 0 saturated carbocycles. The number of carbonyl (C=O) groups is 3. The number of nitrogens with zero attached hydrogens (tertiary/aromatic N) is 1. The number of hydrogen-bond donors (Lipinski definition) is 0. The Kier molecular flexibility index (Phi) is 15.1. The lowest BCUT2D eigenvalue weighted by molar-refractivity contribution is -0.310. The van der Waals surface area contributed by atoms with Crippen LogP contribution in [0, 0.1) is 38.9 Å². The van der Waals surface area contributed by atoms with Gasteiger partial charge in [-0.1, -0.05) is 113 Å². The van der Waals surface area contributed by atoms with Gasteiger partial charge in [0.1, 0.15) is 11.4 Å². The van der Waals surface area contributed by atoms with Crippen LogP contribution in [0.4, 0.5) is 13.2 Å². The molecule has 5 unspecified atom stereocenters. The van der Waals surface area contributed by atoms with Crippen LogP contribution in [0.3, 0.4) is 0 Å². The van der Waals surface area contributed by atoms with Crippen molar-refractivity contribution in [1.29, 1.82) is 0 Å². The lowest BCUT2D eigenvalue weighted by atomic mass is 9.50. The number of halogens is 3. The average molecular weight is 796 g/mol. The van der Waals surface area contributed by atoms with Gasteiger partial charge >= 0.3 is 18.1 Å². The van der Waals surface area contributed by atoms with Gasteiger partial charge in [0.15, 0.2) is 6.61 Å². The van der Waals surface area contributed by atoms with E-state index < -0.39 is 63.0 Å². The Labute approximate surface area is 337 Å². The van der Waals surface area contributed by atoms with E-state index in [0.29, 0.717) is 19.3 Å². The van der Waals surface area contributed by atoms with E-state index in [2.05, 4.69) is 32.9 Å². The van der Waals surface area contributed by atoms with Crippen molar-refractivity contribution in [2.75, 3.05) is 13.2 Å². The fourth-order valence-corrected chi connectivity index (χ4v) is 8.53. The number of hydrogen-bond acceptors (Lipinski definition) is 7. The van der Waals surface area contributed by atoms with E-state index in [1.54, 1.807) is 6.92 Å². The number of benzene rings is 1. The SMILES string of the molecule is CCC1(C)CC(=O)C(C)C(C)(CC)N1OCC(C)(C)[C@@](C)(CC(C)(C)C(C)(C)C(CC(C)(C)C(C)c1ccccc1)C(=O)OC(C)(C)C)C(=O)OCC(F)(F)F. The third-order valence-corrected chi connectivity index (χ3v) is 14.6. The number of Topliss-reactive ketones (excluding diaryl/α,β-unsaturated/α-hetero) is 1. The molecule has 0 N–H and O–H groups in total. The second kappa shape index (κ2) is 17.0. The molecule has 0 aliphatic carbocycles. The van der Waals surface area contributed by atoms with Crippen molar-refractivity contribution in [3.8, 4) is 0 Å². The quantitative estimate of drug-likeness (QED) is 0.145. The highest BCUT2D eigenvalue weighted by Gasteiger charge is 2.59. The molecule has 1 aromatic rings. The standard InChI is InChI=1S/C46H76F3NO6/c1-19-43(16)27-35(51)32(4)45(18,20-2)50(43)55-29-41(12,13)44(17,37(53)54-30-46(47,48)49)28-40(10,11)42(14,15)34(36(52)56-38(5,6)7)26-39(8,9)31(3)33-24-22-21-23-25-33/h21-25,31-32,34H,19-20,26-30H2,1-18H3/t31?,32?,34?,43?,44-,45?/m0/s1. The molecule has 0 radical (unpaired) electrons. The number of hydroxylamine groups is 2. The van der Waals surface area contributed by atoms with Crippen LogP contribution in [0.15, 0.2) is 30.3 Å². The Morgan fingerprint density at radius 2 is 1.39 bits per heavy atom. The predicted octanol–water partition coefficient (Wildman–Crippen LogP) is 11.9. The second-order valence-electron chi connectivity index (χ2n) is 21.1. The number of ether oxygens (including phenoxy) is 2. The van der Waals surface area contributed by atoms with Gasteiger partial charge in [0.2, 0.25) is 0 Å². The Bertz CT molecular complexity index is 1510. The number of alkyl halides is 3. The summed E-state index contributed by atoms with van der Waals surface area (Å²) in [6.45, 7) is 33.4. The second-order valence-corrected chi connectivity index (χ2v) is 21.1. The van der Waals surface area contributed by atoms with Gasteiger partial charge < -0.3 is 9.47 Å². The van der Waals surface area contributed by atoms with Crippen LogP contribution in [0.1, 0.15) is 168 Å². The number of esters is 2. The molecule has 6 atom stereocenters. The van der Waals surface area contributed by atoms with Crippen molar-refractivity contribution >= 4 is 17.7 Å². The highest BCUT2D eigenvalue weighted by Crippen LogP contribution is 2.59. The monoisotopic (exact) mass is 796 g/mol. The van der Waals surface area contributed by atoms with E-state index in [1.165, 1.54) is 0 Å². The lowest BCUT2D eigenvalue weighted by Gasteiger charge is -2.57. The zero-order chi connectivity index (χ0) is 43.7. The van der Waals surface area contributed by atoms with Gasteiger partial charge in [-0.05, 0) is 95.0 Å². The van der Waals surface area contributed by atoms with E-state index in [1.807, 2.05) is 120 Å². The minimum atomic E-state index is -4.73. The predicted molar refractivity (Wildman–Crippen MR) is 218 cm³/mol. The summed E-state index contributed by atoms with van der Waals surface area (Å²) in [5, 5.41) is 1.93. The van der Waals surface area contributed by atoms with Gasteiger partial charge in [-0.2, -0.15) is 18.2 Å². The summed E-state index contributed by atoms with van der Waals surface area (Å²) in [6.07, 6.45) is -2.67. The molecule has 1 aromatic carbocycles. The molecule has 0 spiro atoms. The summed E-state index contributed by atoms with van der Waals surface area (Å²) in [5.74, 6) is -2.10. The van der Waals surface area contributed by atoms with Gasteiger partial charge in [-0.3, -0.25) is 19.2 Å². The van der Waals surface area contributed by atoms with E-state index in [9.17, 15) is 27.6 Å². The third-order valence-electron chi connectivity index (χ3n) is 14.6. The summed E-state index contributed by atoms with van der Waals surface area (Å²) in [5.41, 5.74) is -5.64. The van der Waals surface area contributed by atoms with Crippen molar-refractivity contribution in [2.24, 2.45) is 38.9 Å². The third kappa shape index (κ3) is 10.8. The van der Waals surface area contributed by atoms with E-state index in [0.717, 1.165) is 5.56 Å². The molecule has 56 heavy (non-hydrogen) atoms. The van der Waals surface area contributed by atoms with E-state index in [-0.39, 0.29) is 48.5 Å². The molecule has 322 valence electrons. The Balaban J connectivity index is 2.72. The first-order valence-electron chi connectivity index (χ1n) is 20.6. The van der Waals surface area contributed by atoms with Crippen molar-refractivity contribution in [3.05, 3.63) is 35.9 Å². The van der Waals surface area contributed by atoms with Gasteiger partial charge in [0.25, 0.3) is 0 Å². The first-order chi connectivity index (χ1) is 25.1. The highest BCUT2D eigenvalue weighted by atomic mass is 19.4. The fraction of sp³-hybridized carbons (Fsp3) is 0.804. The van der Waals surface area contributed by atoms with Crippen LogP contribution in [0.25, 0.3) is 0 Å². The van der Waals surface area contributed by atoms with Crippen molar-refractivity contribution < 1.29 is 41.9 Å². The molecule has 0 bridgehead atoms. The molecule has 1 aliphatic rings. The fourth-order valence-electron chi connectivity index (χ4n) is 8.53. The summed E-state index contributed by atoms with van der Waals surface area (Å²) in [4.78, 5) is 48.8.